The molecule has 6 heteroatoms. The van der Waals surface area contributed by atoms with Gasteiger partial charge in [-0.15, -0.1) is 0 Å². The Morgan fingerprint density at radius 3 is 2.53 bits per heavy atom. The number of rotatable bonds is 5. The van der Waals surface area contributed by atoms with Gasteiger partial charge in [-0.05, 0) is 18.6 Å². The second kappa shape index (κ2) is 4.88. The summed E-state index contributed by atoms with van der Waals surface area (Å²) < 4.78 is 4.93. The number of carboxylic acid groups (broad SMARTS) is 2. The van der Waals surface area contributed by atoms with Crippen molar-refractivity contribution < 1.29 is 24.2 Å². The topological polar surface area (TPSA) is 87.7 Å². The van der Waals surface area contributed by atoms with Gasteiger partial charge in [0.05, 0.1) is 0 Å². The minimum Gasteiger partial charge on any atom is -0.480 e. The molecule has 0 bridgehead atoms. The quantitative estimate of drug-likeness (QED) is 0.751. The van der Waals surface area contributed by atoms with Crippen LogP contribution in [0.4, 0.5) is 0 Å². The summed E-state index contributed by atoms with van der Waals surface area (Å²) >= 11 is 1.01. The molecule has 0 aromatic carbocycles. The van der Waals surface area contributed by atoms with E-state index in [0.717, 1.165) is 11.8 Å². The summed E-state index contributed by atoms with van der Waals surface area (Å²) in [6.45, 7) is 1.74. The molecule has 0 fully saturated rings. The van der Waals surface area contributed by atoms with Gasteiger partial charge in [-0.1, -0.05) is 18.7 Å². The third-order valence-electron chi connectivity index (χ3n) is 1.70. The number of hydrogen-bond donors (Lipinski definition) is 2. The largest absolute Gasteiger partial charge is 0.480 e. The predicted octanol–water partition coefficient (Wildman–Crippen LogP) is 1.93. The summed E-state index contributed by atoms with van der Waals surface area (Å²) in [5, 5.41) is 17.0. The first-order valence-corrected chi connectivity index (χ1v) is 5.15. The van der Waals surface area contributed by atoms with E-state index in [1.54, 1.807) is 6.92 Å². The number of carboxylic acids is 2. The van der Waals surface area contributed by atoms with Crippen LogP contribution in [0.15, 0.2) is 21.6 Å². The second-order valence-electron chi connectivity index (χ2n) is 2.78. The van der Waals surface area contributed by atoms with Crippen molar-refractivity contribution in [2.75, 3.05) is 0 Å². The van der Waals surface area contributed by atoms with Gasteiger partial charge >= 0.3 is 11.9 Å². The normalized spacial score (nSPS) is 12.3. The van der Waals surface area contributed by atoms with Gasteiger partial charge in [0.1, 0.15) is 5.25 Å². The van der Waals surface area contributed by atoms with Crippen molar-refractivity contribution in [1.82, 2.24) is 0 Å². The Kier molecular flexibility index (Phi) is 3.79. The van der Waals surface area contributed by atoms with Crippen molar-refractivity contribution in [2.24, 2.45) is 0 Å². The van der Waals surface area contributed by atoms with E-state index in [1.165, 1.54) is 12.1 Å². The molecule has 0 saturated carbocycles. The van der Waals surface area contributed by atoms with Gasteiger partial charge in [-0.3, -0.25) is 4.79 Å². The van der Waals surface area contributed by atoms with Crippen molar-refractivity contribution in [1.29, 1.82) is 0 Å². The number of aliphatic carboxylic acids is 1. The number of carbonyl (C=O) groups is 2. The zero-order valence-corrected chi connectivity index (χ0v) is 8.78. The van der Waals surface area contributed by atoms with Crippen molar-refractivity contribution >= 4 is 23.7 Å². The summed E-state index contributed by atoms with van der Waals surface area (Å²) in [5.41, 5.74) is 0. The zero-order valence-electron chi connectivity index (χ0n) is 7.97. The molecule has 2 N–H and O–H groups in total. The van der Waals surface area contributed by atoms with Gasteiger partial charge in [0, 0.05) is 0 Å². The molecule has 1 heterocycles. The lowest BCUT2D eigenvalue weighted by Crippen LogP contribution is -2.14. The van der Waals surface area contributed by atoms with Crippen LogP contribution in [0.1, 0.15) is 23.9 Å². The van der Waals surface area contributed by atoms with E-state index in [-0.39, 0.29) is 5.76 Å². The van der Waals surface area contributed by atoms with E-state index >= 15 is 0 Å². The Bertz CT molecular complexity index is 370. The fourth-order valence-corrected chi connectivity index (χ4v) is 1.78. The number of hydrogen-bond acceptors (Lipinski definition) is 4. The molecular weight excluding hydrogens is 220 g/mol. The highest BCUT2D eigenvalue weighted by Gasteiger charge is 2.19. The first-order chi connectivity index (χ1) is 7.04. The average molecular weight is 230 g/mol. The predicted molar refractivity (Wildman–Crippen MR) is 53.2 cm³/mol. The molecule has 5 nitrogen and oxygen atoms in total. The molecule has 82 valence electrons. The minimum absolute atomic E-state index is 0.183. The van der Waals surface area contributed by atoms with E-state index in [2.05, 4.69) is 0 Å². The molecule has 1 aromatic rings. The van der Waals surface area contributed by atoms with Gasteiger partial charge in [0.25, 0.3) is 0 Å². The summed E-state index contributed by atoms with van der Waals surface area (Å²) in [6.07, 6.45) is 0.448. The van der Waals surface area contributed by atoms with Gasteiger partial charge in [0.2, 0.25) is 5.76 Å². The molecule has 0 aliphatic heterocycles. The molecule has 0 spiro atoms. The maximum Gasteiger partial charge on any atom is 0.371 e. The van der Waals surface area contributed by atoms with Crippen molar-refractivity contribution in [2.45, 2.75) is 23.7 Å². The minimum atomic E-state index is -1.16. The van der Waals surface area contributed by atoms with E-state index in [9.17, 15) is 9.59 Å². The summed E-state index contributed by atoms with van der Waals surface area (Å²) in [5.74, 6) is -2.28. The fraction of sp³-hybridized carbons (Fsp3) is 0.333. The molecule has 15 heavy (non-hydrogen) atoms. The second-order valence-corrected chi connectivity index (χ2v) is 3.98. The van der Waals surface area contributed by atoms with Gasteiger partial charge in [0.15, 0.2) is 5.09 Å². The van der Waals surface area contributed by atoms with Gasteiger partial charge in [-0.25, -0.2) is 4.79 Å². The molecule has 0 aliphatic rings. The van der Waals surface area contributed by atoms with Crippen LogP contribution in [-0.2, 0) is 4.79 Å². The lowest BCUT2D eigenvalue weighted by molar-refractivity contribution is -0.136. The maximum absolute atomic E-state index is 10.7. The zero-order chi connectivity index (χ0) is 11.4. The average Bonchev–Trinajstić information content (AvgIpc) is 2.61. The highest BCUT2D eigenvalue weighted by molar-refractivity contribution is 8.00. The molecule has 0 saturated heterocycles. The first kappa shape index (κ1) is 11.6. The number of aromatic carboxylic acids is 1. The number of thioether (sulfide) groups is 1. The maximum atomic E-state index is 10.7. The van der Waals surface area contributed by atoms with Crippen LogP contribution in [0, 0.1) is 0 Å². The fourth-order valence-electron chi connectivity index (χ4n) is 0.947. The third-order valence-corrected chi connectivity index (χ3v) is 2.97. The molecule has 1 atom stereocenters. The van der Waals surface area contributed by atoms with E-state index < -0.39 is 17.2 Å². The van der Waals surface area contributed by atoms with Crippen molar-refractivity contribution in [3.63, 3.8) is 0 Å². The van der Waals surface area contributed by atoms with Crippen LogP contribution < -0.4 is 0 Å². The molecule has 0 aliphatic carbocycles. The lowest BCUT2D eigenvalue weighted by Gasteiger charge is -2.05. The highest BCUT2D eigenvalue weighted by atomic mass is 32.2. The molecular formula is C9H10O5S. The smallest absolute Gasteiger partial charge is 0.371 e. The SMILES string of the molecule is CCC(Sc1ccc(C(=O)O)o1)C(=O)O. The van der Waals surface area contributed by atoms with Gasteiger partial charge in [-0.2, -0.15) is 0 Å². The van der Waals surface area contributed by atoms with Crippen LogP contribution in [0.2, 0.25) is 0 Å². The summed E-state index contributed by atoms with van der Waals surface area (Å²) in [7, 11) is 0. The van der Waals surface area contributed by atoms with Gasteiger partial charge < -0.3 is 14.6 Å². The third kappa shape index (κ3) is 3.02. The van der Waals surface area contributed by atoms with Crippen LogP contribution in [0.25, 0.3) is 0 Å². The molecule has 1 unspecified atom stereocenters. The van der Waals surface area contributed by atoms with E-state index in [0.29, 0.717) is 11.5 Å². The van der Waals surface area contributed by atoms with E-state index in [4.69, 9.17) is 14.6 Å². The van der Waals surface area contributed by atoms with Crippen molar-refractivity contribution in [3.8, 4) is 0 Å². The Morgan fingerprint density at radius 1 is 1.47 bits per heavy atom. The highest BCUT2D eigenvalue weighted by Crippen LogP contribution is 2.27. The Labute approximate surface area is 90.1 Å². The van der Waals surface area contributed by atoms with Crippen molar-refractivity contribution in [3.05, 3.63) is 17.9 Å². The Hall–Kier alpha value is -1.43. The van der Waals surface area contributed by atoms with E-state index in [1.807, 2.05) is 0 Å². The number of furan rings is 1. The molecule has 0 amide bonds. The van der Waals surface area contributed by atoms with Crippen LogP contribution >= 0.6 is 11.8 Å². The Morgan fingerprint density at radius 2 is 2.13 bits per heavy atom. The Balaban J connectivity index is 2.71. The molecule has 1 aromatic heterocycles. The summed E-state index contributed by atoms with van der Waals surface area (Å²) in [4.78, 5) is 21.2. The van der Waals surface area contributed by atoms with Crippen LogP contribution in [-0.4, -0.2) is 27.4 Å². The monoisotopic (exact) mass is 230 g/mol. The molecule has 1 rings (SSSR count). The lowest BCUT2D eigenvalue weighted by atomic mass is 10.3. The standard InChI is InChI=1S/C9H10O5S/c1-2-6(9(12)13)15-7-4-3-5(14-7)8(10)11/h3-4,6H,2H2,1H3,(H,10,11)(H,12,13). The van der Waals surface area contributed by atoms with Crippen LogP contribution in [0.3, 0.4) is 0 Å². The first-order valence-electron chi connectivity index (χ1n) is 4.27. The summed E-state index contributed by atoms with van der Waals surface area (Å²) in [6, 6.07) is 2.76. The van der Waals surface area contributed by atoms with Crippen LogP contribution in [0.5, 0.6) is 0 Å². The molecule has 0 radical (unpaired) electrons.